The van der Waals surface area contributed by atoms with E-state index in [1.54, 1.807) is 0 Å². The molecule has 3 rings (SSSR count). The quantitative estimate of drug-likeness (QED) is 0.825. The molecule has 2 fully saturated rings. The lowest BCUT2D eigenvalue weighted by atomic mass is 9.91. The van der Waals surface area contributed by atoms with Gasteiger partial charge in [-0.05, 0) is 56.7 Å². The van der Waals surface area contributed by atoms with E-state index in [0.29, 0.717) is 29.1 Å². The van der Waals surface area contributed by atoms with Crippen molar-refractivity contribution in [1.82, 2.24) is 10.2 Å². The van der Waals surface area contributed by atoms with E-state index in [2.05, 4.69) is 31.4 Å². The number of carbonyl (C=O) groups excluding carboxylic acids is 2. The average molecular weight is 394 g/mol. The lowest BCUT2D eigenvalue weighted by Gasteiger charge is -2.35. The highest BCUT2D eigenvalue weighted by atomic mass is 35.5. The van der Waals surface area contributed by atoms with Crippen LogP contribution in [0.15, 0.2) is 24.3 Å². The van der Waals surface area contributed by atoms with E-state index in [4.69, 9.17) is 0 Å². The molecule has 2 unspecified atom stereocenters. The van der Waals surface area contributed by atoms with Crippen LogP contribution >= 0.6 is 12.4 Å². The third-order valence-corrected chi connectivity index (χ3v) is 5.57. The van der Waals surface area contributed by atoms with Crippen LogP contribution in [0.25, 0.3) is 0 Å². The second kappa shape index (κ2) is 9.56. The van der Waals surface area contributed by atoms with Crippen molar-refractivity contribution in [3.63, 3.8) is 0 Å². The summed E-state index contributed by atoms with van der Waals surface area (Å²) in [6, 6.07) is 7.76. The standard InChI is InChI=1S/C21H31N3O2.ClH/c1-14-10-15(2)13-24(12-14)21(26)18-6-4-5-7-19(18)23-20(25)17-8-9-22-16(3)11-17;/h4-7,14-17,22H,8-13H2,1-3H3,(H,23,25);1H/t14?,15?,16-,17-;/m0./s1. The summed E-state index contributed by atoms with van der Waals surface area (Å²) in [6.07, 6.45) is 2.84. The zero-order valence-electron chi connectivity index (χ0n) is 16.5. The van der Waals surface area contributed by atoms with Crippen molar-refractivity contribution < 1.29 is 9.59 Å². The van der Waals surface area contributed by atoms with Gasteiger partial charge in [0, 0.05) is 25.0 Å². The van der Waals surface area contributed by atoms with Crippen molar-refractivity contribution in [1.29, 1.82) is 0 Å². The van der Waals surface area contributed by atoms with Crippen LogP contribution in [-0.4, -0.2) is 42.4 Å². The Bertz CT molecular complexity index is 657. The fourth-order valence-electron chi connectivity index (χ4n) is 4.38. The molecular weight excluding hydrogens is 362 g/mol. The zero-order valence-corrected chi connectivity index (χ0v) is 17.3. The van der Waals surface area contributed by atoms with E-state index in [1.807, 2.05) is 29.2 Å². The Kier molecular flexibility index (Phi) is 7.68. The van der Waals surface area contributed by atoms with E-state index in [0.717, 1.165) is 38.9 Å². The van der Waals surface area contributed by atoms with Gasteiger partial charge in [0.25, 0.3) is 5.91 Å². The maximum absolute atomic E-state index is 13.1. The number of benzene rings is 1. The monoisotopic (exact) mass is 393 g/mol. The summed E-state index contributed by atoms with van der Waals surface area (Å²) in [5.41, 5.74) is 1.24. The maximum Gasteiger partial charge on any atom is 0.255 e. The van der Waals surface area contributed by atoms with Gasteiger partial charge in [-0.1, -0.05) is 26.0 Å². The van der Waals surface area contributed by atoms with Crippen molar-refractivity contribution in [2.75, 3.05) is 25.0 Å². The second-order valence-corrected chi connectivity index (χ2v) is 8.27. The van der Waals surface area contributed by atoms with Crippen LogP contribution in [0.2, 0.25) is 0 Å². The Labute approximate surface area is 168 Å². The summed E-state index contributed by atoms with van der Waals surface area (Å²) in [5, 5.41) is 6.40. The van der Waals surface area contributed by atoms with E-state index in [1.165, 1.54) is 0 Å². The molecule has 2 saturated heterocycles. The van der Waals surface area contributed by atoms with Gasteiger partial charge in [0.1, 0.15) is 0 Å². The Morgan fingerprint density at radius 2 is 1.74 bits per heavy atom. The van der Waals surface area contributed by atoms with Crippen molar-refractivity contribution in [3.05, 3.63) is 29.8 Å². The van der Waals surface area contributed by atoms with Crippen molar-refractivity contribution >= 4 is 29.9 Å². The molecule has 2 aliphatic heterocycles. The van der Waals surface area contributed by atoms with Gasteiger partial charge in [-0.2, -0.15) is 0 Å². The summed E-state index contributed by atoms with van der Waals surface area (Å²) in [5.74, 6) is 1.09. The van der Waals surface area contributed by atoms with Gasteiger partial charge in [-0.3, -0.25) is 9.59 Å². The first-order valence-electron chi connectivity index (χ1n) is 9.86. The van der Waals surface area contributed by atoms with Gasteiger partial charge < -0.3 is 15.5 Å². The fraction of sp³-hybridized carbons (Fsp3) is 0.619. The lowest BCUT2D eigenvalue weighted by Crippen LogP contribution is -2.43. The minimum absolute atomic E-state index is 0. The number of amides is 2. The van der Waals surface area contributed by atoms with Crippen molar-refractivity contribution in [3.8, 4) is 0 Å². The molecule has 1 aromatic rings. The highest BCUT2D eigenvalue weighted by molar-refractivity contribution is 6.04. The first kappa shape index (κ1) is 21.7. The molecule has 0 spiro atoms. The van der Waals surface area contributed by atoms with E-state index in [-0.39, 0.29) is 30.1 Å². The van der Waals surface area contributed by atoms with Crippen LogP contribution in [0.3, 0.4) is 0 Å². The molecule has 0 aromatic heterocycles. The number of carbonyl (C=O) groups is 2. The zero-order chi connectivity index (χ0) is 18.7. The number of nitrogens with zero attached hydrogens (tertiary/aromatic N) is 1. The highest BCUT2D eigenvalue weighted by Crippen LogP contribution is 2.26. The number of rotatable bonds is 3. The molecule has 4 atom stereocenters. The van der Waals surface area contributed by atoms with Crippen molar-refractivity contribution in [2.24, 2.45) is 17.8 Å². The number of anilines is 1. The Morgan fingerprint density at radius 1 is 1.07 bits per heavy atom. The molecular formula is C21H32ClN3O2. The van der Waals surface area contributed by atoms with Gasteiger partial charge in [-0.25, -0.2) is 0 Å². The van der Waals surface area contributed by atoms with Gasteiger partial charge in [0.2, 0.25) is 5.91 Å². The largest absolute Gasteiger partial charge is 0.338 e. The molecule has 2 amide bonds. The number of halogens is 1. The Hall–Kier alpha value is -1.59. The molecule has 5 nitrogen and oxygen atoms in total. The van der Waals surface area contributed by atoms with Crippen molar-refractivity contribution in [2.45, 2.75) is 46.1 Å². The lowest BCUT2D eigenvalue weighted by molar-refractivity contribution is -0.120. The molecule has 150 valence electrons. The molecule has 27 heavy (non-hydrogen) atoms. The molecule has 6 heteroatoms. The minimum atomic E-state index is 0. The SMILES string of the molecule is CC1CC(C)CN(C(=O)c2ccccc2NC(=O)[C@H]2CCN[C@@H](C)C2)C1.Cl. The van der Waals surface area contributed by atoms with Gasteiger partial charge in [0.05, 0.1) is 11.3 Å². The van der Waals surface area contributed by atoms with Gasteiger partial charge >= 0.3 is 0 Å². The predicted molar refractivity (Wildman–Crippen MR) is 111 cm³/mol. The molecule has 2 aliphatic rings. The molecule has 0 bridgehead atoms. The summed E-state index contributed by atoms with van der Waals surface area (Å²) < 4.78 is 0. The summed E-state index contributed by atoms with van der Waals surface area (Å²) in [6.45, 7) is 8.94. The Morgan fingerprint density at radius 3 is 2.41 bits per heavy atom. The first-order valence-corrected chi connectivity index (χ1v) is 9.86. The third kappa shape index (κ3) is 5.45. The fourth-order valence-corrected chi connectivity index (χ4v) is 4.38. The second-order valence-electron chi connectivity index (χ2n) is 8.27. The average Bonchev–Trinajstić information content (AvgIpc) is 2.61. The molecule has 2 N–H and O–H groups in total. The van der Waals surface area contributed by atoms with Crippen LogP contribution in [0.1, 0.15) is 50.4 Å². The van der Waals surface area contributed by atoms with Crippen LogP contribution in [0, 0.1) is 17.8 Å². The molecule has 0 saturated carbocycles. The Balaban J connectivity index is 0.00000261. The molecule has 0 aliphatic carbocycles. The minimum Gasteiger partial charge on any atom is -0.338 e. The summed E-state index contributed by atoms with van der Waals surface area (Å²) in [4.78, 5) is 27.7. The number of likely N-dealkylation sites (tertiary alicyclic amines) is 1. The number of nitrogens with one attached hydrogen (secondary N) is 2. The molecule has 2 heterocycles. The first-order chi connectivity index (χ1) is 12.4. The predicted octanol–water partition coefficient (Wildman–Crippen LogP) is 3.55. The van der Waals surface area contributed by atoms with Crippen LogP contribution < -0.4 is 10.6 Å². The molecule has 0 radical (unpaired) electrons. The topological polar surface area (TPSA) is 61.4 Å². The van der Waals surface area contributed by atoms with Crippen LogP contribution in [-0.2, 0) is 4.79 Å². The van der Waals surface area contributed by atoms with Gasteiger partial charge in [-0.15, -0.1) is 12.4 Å². The normalized spacial score (nSPS) is 28.2. The number of piperidine rings is 2. The number of hydrogen-bond acceptors (Lipinski definition) is 3. The summed E-state index contributed by atoms with van der Waals surface area (Å²) >= 11 is 0. The van der Waals surface area contributed by atoms with Gasteiger partial charge in [0.15, 0.2) is 0 Å². The highest BCUT2D eigenvalue weighted by Gasteiger charge is 2.29. The van der Waals surface area contributed by atoms with E-state index >= 15 is 0 Å². The maximum atomic E-state index is 13.1. The molecule has 1 aromatic carbocycles. The van der Waals surface area contributed by atoms with E-state index in [9.17, 15) is 9.59 Å². The number of hydrogen-bond donors (Lipinski definition) is 2. The number of para-hydroxylation sites is 1. The smallest absolute Gasteiger partial charge is 0.255 e. The van der Waals surface area contributed by atoms with E-state index < -0.39 is 0 Å². The third-order valence-electron chi connectivity index (χ3n) is 5.57. The summed E-state index contributed by atoms with van der Waals surface area (Å²) in [7, 11) is 0. The van der Waals surface area contributed by atoms with Crippen LogP contribution in [0.5, 0.6) is 0 Å². The van der Waals surface area contributed by atoms with Crippen LogP contribution in [0.4, 0.5) is 5.69 Å².